The molecule has 0 unspecified atom stereocenters. The molecule has 2 rings (SSSR count). The van der Waals surface area contributed by atoms with Crippen molar-refractivity contribution in [2.24, 2.45) is 0 Å². The van der Waals surface area contributed by atoms with Gasteiger partial charge in [0, 0.05) is 0 Å². The van der Waals surface area contributed by atoms with E-state index >= 15 is 0 Å². The Balaban J connectivity index is 1.96. The maximum Gasteiger partial charge on any atom is 0.225 e. The highest BCUT2D eigenvalue weighted by Gasteiger charge is 2.05. The number of anilines is 4. The molecule has 0 saturated heterocycles. The van der Waals surface area contributed by atoms with Gasteiger partial charge in [0.25, 0.3) is 0 Å². The molecule has 11 heteroatoms. The molecule has 0 aliphatic carbocycles. The Bertz CT molecular complexity index is 496. The van der Waals surface area contributed by atoms with Gasteiger partial charge in [-0.15, -0.1) is 0 Å². The van der Waals surface area contributed by atoms with Gasteiger partial charge >= 0.3 is 0 Å². The maximum atomic E-state index is 5.42. The maximum absolute atomic E-state index is 5.42. The summed E-state index contributed by atoms with van der Waals surface area (Å²) in [5.74, 6) is 0.721. The third-order valence-electron chi connectivity index (χ3n) is 1.89. The van der Waals surface area contributed by atoms with Crippen molar-refractivity contribution in [1.29, 1.82) is 0 Å². The van der Waals surface area contributed by atoms with Crippen LogP contribution in [-0.2, 0) is 18.0 Å². The predicted molar refractivity (Wildman–Crippen MR) is 65.8 cm³/mol. The first-order chi connectivity index (χ1) is 9.02. The van der Waals surface area contributed by atoms with Crippen molar-refractivity contribution < 1.29 is 4.74 Å². The minimum Gasteiger partial charge on any atom is -0.368 e. The van der Waals surface area contributed by atoms with Crippen LogP contribution in [0.1, 0.15) is 11.6 Å². The number of hydrogen-bond donors (Lipinski definition) is 4. The van der Waals surface area contributed by atoms with E-state index in [2.05, 4.69) is 29.9 Å². The van der Waals surface area contributed by atoms with Crippen molar-refractivity contribution in [3.63, 3.8) is 0 Å². The molecular formula is C8H12N10O. The van der Waals surface area contributed by atoms with Gasteiger partial charge in [0.05, 0.1) is 0 Å². The van der Waals surface area contributed by atoms with Gasteiger partial charge in [0.1, 0.15) is 13.2 Å². The summed E-state index contributed by atoms with van der Waals surface area (Å²) in [5.41, 5.74) is 21.7. The fraction of sp³-hybridized carbons (Fsp3) is 0.250. The monoisotopic (exact) mass is 264 g/mol. The lowest BCUT2D eigenvalue weighted by Crippen LogP contribution is -2.10. The van der Waals surface area contributed by atoms with Crippen LogP contribution in [0.2, 0.25) is 0 Å². The molecule has 0 bridgehead atoms. The largest absolute Gasteiger partial charge is 0.368 e. The molecule has 0 aliphatic heterocycles. The second-order valence-electron chi connectivity index (χ2n) is 3.43. The van der Waals surface area contributed by atoms with Crippen LogP contribution in [-0.4, -0.2) is 29.9 Å². The van der Waals surface area contributed by atoms with E-state index in [-0.39, 0.29) is 37.0 Å². The van der Waals surface area contributed by atoms with E-state index in [1.807, 2.05) is 0 Å². The second-order valence-corrected chi connectivity index (χ2v) is 3.43. The molecule has 0 spiro atoms. The molecule has 0 fully saturated rings. The van der Waals surface area contributed by atoms with Crippen LogP contribution in [0.15, 0.2) is 0 Å². The quantitative estimate of drug-likeness (QED) is 0.482. The van der Waals surface area contributed by atoms with Crippen molar-refractivity contribution in [2.45, 2.75) is 13.2 Å². The van der Waals surface area contributed by atoms with E-state index in [9.17, 15) is 0 Å². The Morgan fingerprint density at radius 1 is 0.579 bits per heavy atom. The molecule has 11 nitrogen and oxygen atoms in total. The molecule has 2 aromatic heterocycles. The van der Waals surface area contributed by atoms with Crippen LogP contribution in [0, 0.1) is 0 Å². The summed E-state index contributed by atoms with van der Waals surface area (Å²) in [5, 5.41) is 0. The van der Waals surface area contributed by atoms with Crippen molar-refractivity contribution in [1.82, 2.24) is 29.9 Å². The molecule has 100 valence electrons. The first-order valence-corrected chi connectivity index (χ1v) is 5.12. The van der Waals surface area contributed by atoms with Crippen LogP contribution in [0.4, 0.5) is 23.8 Å². The number of hydrogen-bond acceptors (Lipinski definition) is 11. The predicted octanol–water partition coefficient (Wildman–Crippen LogP) is -1.90. The molecular weight excluding hydrogens is 252 g/mol. The minimum atomic E-state index is 0.0275. The number of rotatable bonds is 4. The number of aromatic nitrogens is 6. The Labute approximate surface area is 107 Å². The number of ether oxygens (including phenoxy) is 1. The van der Waals surface area contributed by atoms with Gasteiger partial charge in [0.2, 0.25) is 23.8 Å². The van der Waals surface area contributed by atoms with Crippen LogP contribution in [0.3, 0.4) is 0 Å². The Kier molecular flexibility index (Phi) is 3.47. The Morgan fingerprint density at radius 3 is 1.21 bits per heavy atom. The van der Waals surface area contributed by atoms with Crippen molar-refractivity contribution in [3.8, 4) is 0 Å². The molecule has 8 N–H and O–H groups in total. The van der Waals surface area contributed by atoms with Crippen LogP contribution >= 0.6 is 0 Å². The highest BCUT2D eigenvalue weighted by molar-refractivity contribution is 5.26. The van der Waals surface area contributed by atoms with Gasteiger partial charge in [-0.1, -0.05) is 0 Å². The Hall–Kier alpha value is -2.82. The van der Waals surface area contributed by atoms with Gasteiger partial charge in [-0.05, 0) is 0 Å². The summed E-state index contributed by atoms with van der Waals surface area (Å²) in [6.45, 7) is 0.144. The first kappa shape index (κ1) is 12.6. The number of nitrogen functional groups attached to an aromatic ring is 4. The van der Waals surface area contributed by atoms with Crippen molar-refractivity contribution >= 4 is 23.8 Å². The normalized spacial score (nSPS) is 10.5. The first-order valence-electron chi connectivity index (χ1n) is 5.12. The summed E-state index contributed by atoms with van der Waals surface area (Å²) >= 11 is 0. The van der Waals surface area contributed by atoms with Gasteiger partial charge in [-0.3, -0.25) is 0 Å². The second kappa shape index (κ2) is 5.22. The van der Waals surface area contributed by atoms with Crippen LogP contribution < -0.4 is 22.9 Å². The van der Waals surface area contributed by atoms with E-state index in [1.165, 1.54) is 0 Å². The van der Waals surface area contributed by atoms with Gasteiger partial charge < -0.3 is 27.7 Å². The zero-order valence-corrected chi connectivity index (χ0v) is 9.82. The molecule has 0 radical (unpaired) electrons. The average molecular weight is 264 g/mol. The third kappa shape index (κ3) is 3.57. The molecule has 0 atom stereocenters. The molecule has 0 amide bonds. The van der Waals surface area contributed by atoms with Gasteiger partial charge in [-0.25, -0.2) is 0 Å². The van der Waals surface area contributed by atoms with E-state index in [4.69, 9.17) is 27.7 Å². The number of nitrogens with two attached hydrogens (primary N) is 4. The molecule has 0 aromatic carbocycles. The topological polar surface area (TPSA) is 191 Å². The van der Waals surface area contributed by atoms with Crippen molar-refractivity contribution in [3.05, 3.63) is 11.6 Å². The van der Waals surface area contributed by atoms with Crippen LogP contribution in [0.5, 0.6) is 0 Å². The highest BCUT2D eigenvalue weighted by atomic mass is 16.5. The van der Waals surface area contributed by atoms with E-state index in [0.717, 1.165) is 0 Å². The number of nitrogens with zero attached hydrogens (tertiary/aromatic N) is 6. The highest BCUT2D eigenvalue weighted by Crippen LogP contribution is 2.04. The molecule has 2 heterocycles. The standard InChI is InChI=1S/C8H12N10O/c9-5-13-3(14-6(10)17-5)1-19-2-4-15-7(11)18-8(12)16-4/h1-2H2,(H4,9,10,13,14,17)(H4,11,12,15,16,18). The van der Waals surface area contributed by atoms with E-state index < -0.39 is 0 Å². The van der Waals surface area contributed by atoms with Gasteiger partial charge in [0.15, 0.2) is 11.6 Å². The molecule has 0 aliphatic rings. The summed E-state index contributed by atoms with van der Waals surface area (Å²) in [7, 11) is 0. The lowest BCUT2D eigenvalue weighted by molar-refractivity contribution is 0.0966. The molecule has 2 aromatic rings. The minimum absolute atomic E-state index is 0.0275. The summed E-state index contributed by atoms with van der Waals surface area (Å²) in [6, 6.07) is 0. The zero-order valence-electron chi connectivity index (χ0n) is 9.82. The Morgan fingerprint density at radius 2 is 0.895 bits per heavy atom. The van der Waals surface area contributed by atoms with Crippen molar-refractivity contribution in [2.75, 3.05) is 22.9 Å². The van der Waals surface area contributed by atoms with E-state index in [1.54, 1.807) is 0 Å². The lowest BCUT2D eigenvalue weighted by atomic mass is 10.6. The zero-order chi connectivity index (χ0) is 13.8. The lowest BCUT2D eigenvalue weighted by Gasteiger charge is -2.04. The fourth-order valence-electron chi connectivity index (χ4n) is 1.28. The third-order valence-corrected chi connectivity index (χ3v) is 1.89. The van der Waals surface area contributed by atoms with Gasteiger partial charge in [-0.2, -0.15) is 29.9 Å². The summed E-state index contributed by atoms with van der Waals surface area (Å²) < 4.78 is 5.30. The molecule has 19 heavy (non-hydrogen) atoms. The summed E-state index contributed by atoms with van der Waals surface area (Å²) in [6.07, 6.45) is 0. The average Bonchev–Trinajstić information content (AvgIpc) is 2.26. The molecule has 0 saturated carbocycles. The SMILES string of the molecule is Nc1nc(N)nc(COCc2nc(N)nc(N)n2)n1. The van der Waals surface area contributed by atoms with E-state index in [0.29, 0.717) is 11.6 Å². The van der Waals surface area contributed by atoms with Crippen LogP contribution in [0.25, 0.3) is 0 Å². The summed E-state index contributed by atoms with van der Waals surface area (Å²) in [4.78, 5) is 22.7. The fourth-order valence-corrected chi connectivity index (χ4v) is 1.28. The smallest absolute Gasteiger partial charge is 0.225 e.